The molecule has 150 valence electrons. The normalized spacial score (nSPS) is 16.2. The zero-order valence-electron chi connectivity index (χ0n) is 15.9. The summed E-state index contributed by atoms with van der Waals surface area (Å²) in [6.45, 7) is 2.53. The van der Waals surface area contributed by atoms with Gasteiger partial charge in [-0.2, -0.15) is 0 Å². The number of nitrogens with zero attached hydrogens (tertiary/aromatic N) is 2. The maximum atomic E-state index is 12.8. The molecule has 0 aliphatic carbocycles. The molecule has 1 aliphatic heterocycles. The largest absolute Gasteiger partial charge is 0.455 e. The van der Waals surface area contributed by atoms with Crippen molar-refractivity contribution in [3.63, 3.8) is 0 Å². The van der Waals surface area contributed by atoms with Crippen LogP contribution < -0.4 is 4.90 Å². The van der Waals surface area contributed by atoms with Gasteiger partial charge in [-0.05, 0) is 30.0 Å². The number of benzene rings is 1. The second-order valence-corrected chi connectivity index (χ2v) is 9.98. The van der Waals surface area contributed by atoms with Crippen LogP contribution in [-0.2, 0) is 20.7 Å². The zero-order valence-corrected chi connectivity index (χ0v) is 18.3. The maximum absolute atomic E-state index is 12.8. The van der Waals surface area contributed by atoms with Gasteiger partial charge in [0.15, 0.2) is 6.61 Å². The number of hydrogen-bond acceptors (Lipinski definition) is 7. The molecule has 3 aromatic rings. The lowest BCUT2D eigenvalue weighted by atomic mass is 10.2. The predicted octanol–water partition coefficient (Wildman–Crippen LogP) is 4.87. The Morgan fingerprint density at radius 1 is 1.21 bits per heavy atom. The van der Waals surface area contributed by atoms with Gasteiger partial charge < -0.3 is 9.64 Å². The van der Waals surface area contributed by atoms with E-state index in [-0.39, 0.29) is 18.9 Å². The number of aromatic nitrogens is 1. The molecule has 8 heteroatoms. The van der Waals surface area contributed by atoms with Gasteiger partial charge in [-0.1, -0.05) is 25.1 Å². The molecule has 0 saturated heterocycles. The van der Waals surface area contributed by atoms with E-state index in [1.807, 2.05) is 47.2 Å². The number of hydrogen-bond donors (Lipinski definition) is 0. The molecule has 1 amide bonds. The first-order chi connectivity index (χ1) is 14.1. The third-order valence-corrected chi connectivity index (χ3v) is 7.68. The van der Waals surface area contributed by atoms with Crippen LogP contribution in [-0.4, -0.2) is 35.3 Å². The molecule has 0 radical (unpaired) electrons. The minimum absolute atomic E-state index is 0.0681. The van der Waals surface area contributed by atoms with Crippen LogP contribution in [0.25, 0.3) is 9.88 Å². The van der Waals surface area contributed by atoms with Crippen molar-refractivity contribution in [2.75, 3.05) is 18.1 Å². The van der Waals surface area contributed by atoms with E-state index < -0.39 is 5.97 Å². The number of carbonyl (C=O) groups excluding carboxylic acids is 2. The number of fused-ring (bicyclic) bond motifs is 1. The Hall–Kier alpha value is -2.16. The molecule has 1 atom stereocenters. The summed E-state index contributed by atoms with van der Waals surface area (Å²) in [5.41, 5.74) is 1.56. The summed E-state index contributed by atoms with van der Waals surface area (Å²) in [5.74, 6) is -0.634. The van der Waals surface area contributed by atoms with Crippen LogP contribution in [0.1, 0.15) is 19.0 Å². The second-order valence-electron chi connectivity index (χ2n) is 6.69. The fourth-order valence-electron chi connectivity index (χ4n) is 3.07. The molecule has 1 aromatic carbocycles. The average Bonchev–Trinajstić information content (AvgIpc) is 3.36. The molecular weight excluding hydrogens is 424 g/mol. The minimum atomic E-state index is -0.438. The van der Waals surface area contributed by atoms with Gasteiger partial charge in [-0.15, -0.1) is 34.4 Å². The molecule has 1 aliphatic rings. The van der Waals surface area contributed by atoms with E-state index in [0.29, 0.717) is 17.5 Å². The van der Waals surface area contributed by atoms with Crippen molar-refractivity contribution >= 4 is 52.0 Å². The van der Waals surface area contributed by atoms with Crippen LogP contribution in [0.15, 0.2) is 52.1 Å². The third kappa shape index (κ3) is 4.88. The number of thiazole rings is 1. The quantitative estimate of drug-likeness (QED) is 0.525. The maximum Gasteiger partial charge on any atom is 0.312 e. The van der Waals surface area contributed by atoms with Gasteiger partial charge in [0.2, 0.25) is 0 Å². The first-order valence-corrected chi connectivity index (χ1v) is 11.9. The van der Waals surface area contributed by atoms with E-state index in [1.165, 1.54) is 11.3 Å². The minimum Gasteiger partial charge on any atom is -0.455 e. The van der Waals surface area contributed by atoms with Crippen LogP contribution in [0.3, 0.4) is 0 Å². The van der Waals surface area contributed by atoms with E-state index in [2.05, 4.69) is 11.9 Å². The number of amides is 1. The highest BCUT2D eigenvalue weighted by atomic mass is 32.2. The molecule has 0 fully saturated rings. The lowest BCUT2D eigenvalue weighted by molar-refractivity contribution is -0.147. The molecule has 0 N–H and O–H groups in total. The Bertz CT molecular complexity index is 1000. The molecule has 2 aromatic heterocycles. The van der Waals surface area contributed by atoms with Gasteiger partial charge >= 0.3 is 5.97 Å². The lowest BCUT2D eigenvalue weighted by Gasteiger charge is -2.22. The van der Waals surface area contributed by atoms with Crippen molar-refractivity contribution in [1.82, 2.24) is 4.98 Å². The van der Waals surface area contributed by atoms with Crippen molar-refractivity contribution in [3.8, 4) is 9.88 Å². The Morgan fingerprint density at radius 3 is 2.90 bits per heavy atom. The summed E-state index contributed by atoms with van der Waals surface area (Å²) in [5, 5.41) is 5.18. The Balaban J connectivity index is 1.35. The Kier molecular flexibility index (Phi) is 6.32. The Labute approximate surface area is 181 Å². The number of para-hydroxylation sites is 1. The van der Waals surface area contributed by atoms with Gasteiger partial charge in [0, 0.05) is 22.1 Å². The summed E-state index contributed by atoms with van der Waals surface area (Å²) in [6, 6.07) is 11.9. The van der Waals surface area contributed by atoms with E-state index in [4.69, 9.17) is 4.74 Å². The first-order valence-electron chi connectivity index (χ1n) is 9.30. The summed E-state index contributed by atoms with van der Waals surface area (Å²) in [4.78, 5) is 33.4. The summed E-state index contributed by atoms with van der Waals surface area (Å²) >= 11 is 4.89. The third-order valence-electron chi connectivity index (χ3n) is 4.51. The smallest absolute Gasteiger partial charge is 0.312 e. The highest BCUT2D eigenvalue weighted by Gasteiger charge is 2.25. The number of carbonyl (C=O) groups is 2. The number of thioether (sulfide) groups is 1. The van der Waals surface area contributed by atoms with E-state index in [0.717, 1.165) is 26.9 Å². The fourth-order valence-corrected chi connectivity index (χ4v) is 5.81. The SMILES string of the molecule is CC1CCN(C(=O)COC(=O)Cc2csc(-c3cccs3)n2)c2ccccc2S1. The molecule has 5 nitrogen and oxygen atoms in total. The molecule has 1 unspecified atom stereocenters. The second kappa shape index (κ2) is 9.11. The van der Waals surface area contributed by atoms with Crippen molar-refractivity contribution in [3.05, 3.63) is 52.9 Å². The standard InChI is InChI=1S/C21H20N2O3S3/c1-14-8-9-23(16-5-2-3-6-17(16)29-14)19(24)12-26-20(25)11-15-13-28-21(22-15)18-7-4-10-27-18/h2-7,10,13-14H,8-9,11-12H2,1H3. The van der Waals surface area contributed by atoms with E-state index in [1.54, 1.807) is 28.0 Å². The van der Waals surface area contributed by atoms with Gasteiger partial charge in [0.25, 0.3) is 5.91 Å². The first kappa shape index (κ1) is 20.1. The number of esters is 1. The van der Waals surface area contributed by atoms with Crippen LogP contribution in [0.4, 0.5) is 5.69 Å². The topological polar surface area (TPSA) is 59.5 Å². The van der Waals surface area contributed by atoms with Gasteiger partial charge in [-0.25, -0.2) is 4.98 Å². The number of ether oxygens (including phenoxy) is 1. The zero-order chi connectivity index (χ0) is 20.2. The fraction of sp³-hybridized carbons (Fsp3) is 0.286. The Morgan fingerprint density at radius 2 is 2.07 bits per heavy atom. The van der Waals surface area contributed by atoms with Crippen molar-refractivity contribution in [1.29, 1.82) is 0 Å². The van der Waals surface area contributed by atoms with Crippen LogP contribution in [0.2, 0.25) is 0 Å². The molecule has 29 heavy (non-hydrogen) atoms. The summed E-state index contributed by atoms with van der Waals surface area (Å²) in [7, 11) is 0. The lowest BCUT2D eigenvalue weighted by Crippen LogP contribution is -2.36. The van der Waals surface area contributed by atoms with Crippen LogP contribution in [0.5, 0.6) is 0 Å². The van der Waals surface area contributed by atoms with Gasteiger partial charge in [0.1, 0.15) is 5.01 Å². The number of anilines is 1. The summed E-state index contributed by atoms with van der Waals surface area (Å²) in [6.07, 6.45) is 0.960. The van der Waals surface area contributed by atoms with Crippen molar-refractivity contribution in [2.45, 2.75) is 29.9 Å². The molecule has 3 heterocycles. The molecular formula is C21H20N2O3S3. The van der Waals surface area contributed by atoms with Crippen molar-refractivity contribution in [2.24, 2.45) is 0 Å². The predicted molar refractivity (Wildman–Crippen MR) is 119 cm³/mol. The number of rotatable bonds is 5. The highest BCUT2D eigenvalue weighted by Crippen LogP contribution is 2.37. The highest BCUT2D eigenvalue weighted by molar-refractivity contribution is 8.00. The molecule has 0 spiro atoms. The number of thiophene rings is 1. The van der Waals surface area contributed by atoms with Crippen LogP contribution >= 0.6 is 34.4 Å². The van der Waals surface area contributed by atoms with E-state index >= 15 is 0 Å². The van der Waals surface area contributed by atoms with Crippen molar-refractivity contribution < 1.29 is 14.3 Å². The van der Waals surface area contributed by atoms with Gasteiger partial charge in [-0.3, -0.25) is 9.59 Å². The molecule has 0 bridgehead atoms. The van der Waals surface area contributed by atoms with Crippen LogP contribution in [0, 0.1) is 0 Å². The monoisotopic (exact) mass is 444 g/mol. The molecule has 4 rings (SSSR count). The van der Waals surface area contributed by atoms with E-state index in [9.17, 15) is 9.59 Å². The summed E-state index contributed by atoms with van der Waals surface area (Å²) < 4.78 is 5.27. The average molecular weight is 445 g/mol. The molecule has 0 saturated carbocycles. The van der Waals surface area contributed by atoms with Gasteiger partial charge in [0.05, 0.1) is 22.7 Å².